The second-order valence-electron chi connectivity index (χ2n) is 15.1. The highest BCUT2D eigenvalue weighted by Crippen LogP contribution is 2.43. The highest BCUT2D eigenvalue weighted by atomic mass is 32.1. The van der Waals surface area contributed by atoms with Crippen molar-refractivity contribution < 1.29 is 4.42 Å². The molecule has 272 valence electrons. The van der Waals surface area contributed by atoms with Crippen molar-refractivity contribution in [2.75, 3.05) is 0 Å². The highest BCUT2D eigenvalue weighted by Gasteiger charge is 2.27. The van der Waals surface area contributed by atoms with E-state index in [1.165, 1.54) is 69.9 Å². The van der Waals surface area contributed by atoms with E-state index in [0.29, 0.717) is 0 Å². The van der Waals surface area contributed by atoms with Crippen LogP contribution in [0.1, 0.15) is 30.1 Å². The summed E-state index contributed by atoms with van der Waals surface area (Å²) < 4.78 is 11.5. The fraction of sp³-hybridized carbons (Fsp3) is 0.0784. The number of amidine groups is 1. The first-order valence-electron chi connectivity index (χ1n) is 19.7. The zero-order valence-corrected chi connectivity index (χ0v) is 31.8. The summed E-state index contributed by atoms with van der Waals surface area (Å²) in [4.78, 5) is 5.21. The first-order chi connectivity index (χ1) is 28.2. The third-order valence-corrected chi connectivity index (χ3v) is 12.9. The summed E-state index contributed by atoms with van der Waals surface area (Å²) in [5, 5.41) is 14.8. The Morgan fingerprint density at radius 1 is 0.632 bits per heavy atom. The van der Waals surface area contributed by atoms with E-state index in [4.69, 9.17) is 9.41 Å². The maximum atomic E-state index is 6.56. The number of nitrogens with one attached hydrogen (secondary N) is 2. The first kappa shape index (κ1) is 32.5. The average molecular weight is 753 g/mol. The normalized spacial score (nSPS) is 17.2. The van der Waals surface area contributed by atoms with E-state index in [0.717, 1.165) is 46.2 Å². The van der Waals surface area contributed by atoms with Crippen LogP contribution >= 0.6 is 11.3 Å². The fourth-order valence-corrected chi connectivity index (χ4v) is 10.2. The molecule has 0 spiro atoms. The SMILES string of the molecule is C1=CCCC(C2N=C(c3ccc4c(c3)oc3ccc(-c5cccc6sc7cc(-n8c9ccccc9c9ccccc98)ccc7c56)cc34)NC(c3ccccc3)N2)=C1. The van der Waals surface area contributed by atoms with Crippen molar-refractivity contribution in [3.63, 3.8) is 0 Å². The molecule has 57 heavy (non-hydrogen) atoms. The number of furan rings is 1. The molecule has 2 atom stereocenters. The van der Waals surface area contributed by atoms with Crippen LogP contribution in [0.25, 0.3) is 80.7 Å². The molecule has 0 bridgehead atoms. The molecule has 12 rings (SSSR count). The molecule has 2 N–H and O–H groups in total. The van der Waals surface area contributed by atoms with Crippen LogP contribution < -0.4 is 10.6 Å². The molecule has 4 heterocycles. The zero-order valence-electron chi connectivity index (χ0n) is 30.9. The molecule has 2 aliphatic rings. The van der Waals surface area contributed by atoms with Gasteiger partial charge in [0, 0.05) is 53.0 Å². The molecule has 1 aliphatic heterocycles. The van der Waals surface area contributed by atoms with Gasteiger partial charge in [-0.05, 0) is 89.7 Å². The van der Waals surface area contributed by atoms with Gasteiger partial charge in [0.2, 0.25) is 0 Å². The zero-order chi connectivity index (χ0) is 37.5. The van der Waals surface area contributed by atoms with Gasteiger partial charge < -0.3 is 14.3 Å². The predicted octanol–water partition coefficient (Wildman–Crippen LogP) is 13.0. The Hall–Kier alpha value is -6.73. The van der Waals surface area contributed by atoms with Crippen LogP contribution in [-0.2, 0) is 0 Å². The number of nitrogens with zero attached hydrogens (tertiary/aromatic N) is 2. The van der Waals surface area contributed by atoms with Gasteiger partial charge in [0.15, 0.2) is 0 Å². The maximum Gasteiger partial charge on any atom is 0.136 e. The van der Waals surface area contributed by atoms with E-state index in [9.17, 15) is 0 Å². The van der Waals surface area contributed by atoms with Crippen LogP contribution in [0.5, 0.6) is 0 Å². The van der Waals surface area contributed by atoms with Crippen LogP contribution in [0.15, 0.2) is 185 Å². The molecule has 2 unspecified atom stereocenters. The Kier molecular flexibility index (Phi) is 7.37. The quantitative estimate of drug-likeness (QED) is 0.184. The molecular weight excluding hydrogens is 717 g/mol. The molecule has 10 aromatic rings. The Balaban J connectivity index is 0.934. The minimum absolute atomic E-state index is 0.0689. The minimum Gasteiger partial charge on any atom is -0.456 e. The van der Waals surface area contributed by atoms with Crippen LogP contribution in [0.4, 0.5) is 0 Å². The summed E-state index contributed by atoms with van der Waals surface area (Å²) in [6, 6.07) is 54.8. The predicted molar refractivity (Wildman–Crippen MR) is 239 cm³/mol. The molecule has 1 aliphatic carbocycles. The number of hydrogen-bond acceptors (Lipinski definition) is 5. The van der Waals surface area contributed by atoms with Crippen LogP contribution in [0.3, 0.4) is 0 Å². The number of hydrogen-bond donors (Lipinski definition) is 2. The van der Waals surface area contributed by atoms with E-state index in [-0.39, 0.29) is 12.3 Å². The third kappa shape index (κ3) is 5.29. The molecule has 0 fully saturated rings. The first-order valence-corrected chi connectivity index (χ1v) is 20.5. The van der Waals surface area contributed by atoms with Gasteiger partial charge in [-0.1, -0.05) is 115 Å². The minimum atomic E-state index is -0.110. The monoisotopic (exact) mass is 752 g/mol. The van der Waals surface area contributed by atoms with E-state index in [2.05, 4.69) is 185 Å². The van der Waals surface area contributed by atoms with Gasteiger partial charge in [0.1, 0.15) is 29.3 Å². The van der Waals surface area contributed by atoms with Crippen LogP contribution in [0.2, 0.25) is 0 Å². The van der Waals surface area contributed by atoms with Crippen LogP contribution in [-0.4, -0.2) is 16.6 Å². The van der Waals surface area contributed by atoms with Gasteiger partial charge >= 0.3 is 0 Å². The van der Waals surface area contributed by atoms with E-state index >= 15 is 0 Å². The number of fused-ring (bicyclic) bond motifs is 9. The molecule has 5 nitrogen and oxygen atoms in total. The fourth-order valence-electron chi connectivity index (χ4n) is 9.05. The number of rotatable bonds is 5. The van der Waals surface area contributed by atoms with Gasteiger partial charge in [-0.2, -0.15) is 0 Å². The standard InChI is InChI=1S/C51H36N4OS/c1-3-12-31(13-4-1)49-52-50(32-14-5-2-6-15-32)54-51(53-49)34-22-25-39-41-28-33(23-27-44(41)56-45(39)29-34)36-18-11-21-46-48(36)40-26-24-35(30-47(40)57-46)55-42-19-9-7-16-37(42)38-17-8-10-20-43(38)55/h1-5,7-14,16-30,49-50,52H,6,15H2,(H,53,54). The summed E-state index contributed by atoms with van der Waals surface area (Å²) in [6.07, 6.45) is 8.43. The van der Waals surface area contributed by atoms with Crippen molar-refractivity contribution in [1.82, 2.24) is 15.2 Å². The highest BCUT2D eigenvalue weighted by molar-refractivity contribution is 7.26. The molecule has 0 radical (unpaired) electrons. The van der Waals surface area contributed by atoms with Gasteiger partial charge in [-0.3, -0.25) is 5.32 Å². The summed E-state index contributed by atoms with van der Waals surface area (Å²) in [7, 11) is 0. The van der Waals surface area contributed by atoms with Crippen molar-refractivity contribution in [3.8, 4) is 16.8 Å². The Labute approximate surface area is 332 Å². The Morgan fingerprint density at radius 3 is 2.25 bits per heavy atom. The third-order valence-electron chi connectivity index (χ3n) is 11.8. The molecule has 0 amide bonds. The Bertz CT molecular complexity index is 3270. The number of aliphatic imine (C=N–C) groups is 1. The van der Waals surface area contributed by atoms with Crippen molar-refractivity contribution in [1.29, 1.82) is 0 Å². The van der Waals surface area contributed by atoms with E-state index in [1.54, 1.807) is 0 Å². The second kappa shape index (κ2) is 12.9. The summed E-state index contributed by atoms with van der Waals surface area (Å²) in [5.74, 6) is 0.864. The molecule has 7 aromatic carbocycles. The molecule has 0 saturated carbocycles. The smallest absolute Gasteiger partial charge is 0.136 e. The van der Waals surface area contributed by atoms with Crippen molar-refractivity contribution in [2.24, 2.45) is 4.99 Å². The van der Waals surface area contributed by atoms with Crippen molar-refractivity contribution >= 4 is 81.1 Å². The van der Waals surface area contributed by atoms with E-state index in [1.807, 2.05) is 11.3 Å². The number of allylic oxidation sites excluding steroid dienone is 3. The molecule has 3 aromatic heterocycles. The lowest BCUT2D eigenvalue weighted by molar-refractivity contribution is 0.425. The van der Waals surface area contributed by atoms with Gasteiger partial charge in [0.05, 0.1) is 11.0 Å². The van der Waals surface area contributed by atoms with Crippen LogP contribution in [0, 0.1) is 0 Å². The molecule has 6 heteroatoms. The van der Waals surface area contributed by atoms with Gasteiger partial charge in [-0.25, -0.2) is 4.99 Å². The lowest BCUT2D eigenvalue weighted by atomic mass is 9.97. The number of thiophene rings is 1. The number of aromatic nitrogens is 1. The van der Waals surface area contributed by atoms with Gasteiger partial charge in [0.25, 0.3) is 0 Å². The number of benzene rings is 7. The van der Waals surface area contributed by atoms with Gasteiger partial charge in [-0.15, -0.1) is 11.3 Å². The lowest BCUT2D eigenvalue weighted by Crippen LogP contribution is -2.49. The Morgan fingerprint density at radius 2 is 1.42 bits per heavy atom. The summed E-state index contributed by atoms with van der Waals surface area (Å²) in [6.45, 7) is 0. The van der Waals surface area contributed by atoms with E-state index < -0.39 is 0 Å². The maximum absolute atomic E-state index is 6.56. The van der Waals surface area contributed by atoms with Crippen molar-refractivity contribution in [2.45, 2.75) is 25.2 Å². The average Bonchev–Trinajstić information content (AvgIpc) is 3.95. The summed E-state index contributed by atoms with van der Waals surface area (Å²) >= 11 is 1.86. The lowest BCUT2D eigenvalue weighted by Gasteiger charge is -2.33. The van der Waals surface area contributed by atoms with Crippen molar-refractivity contribution in [3.05, 3.63) is 187 Å². The number of para-hydroxylation sites is 2. The second-order valence-corrected chi connectivity index (χ2v) is 16.2. The largest absolute Gasteiger partial charge is 0.456 e. The molecular formula is C51H36N4OS. The topological polar surface area (TPSA) is 54.5 Å². The molecule has 0 saturated heterocycles. The summed E-state index contributed by atoms with van der Waals surface area (Å²) in [5.41, 5.74) is 11.3.